The molecule has 1 aliphatic rings. The molecule has 7 heteroatoms. The average Bonchev–Trinajstić information content (AvgIpc) is 2.74. The SMILES string of the molecule is O=C(CNc1ccc(Cl)c(C(F)(F)F)c1)N1CCCCCC1. The molecule has 122 valence electrons. The van der Waals surface area contributed by atoms with Gasteiger partial charge in [-0.25, -0.2) is 0 Å². The van der Waals surface area contributed by atoms with Crippen molar-refractivity contribution in [2.75, 3.05) is 25.0 Å². The van der Waals surface area contributed by atoms with E-state index < -0.39 is 11.7 Å². The number of anilines is 1. The van der Waals surface area contributed by atoms with Gasteiger partial charge in [0.05, 0.1) is 17.1 Å². The predicted molar refractivity (Wildman–Crippen MR) is 80.0 cm³/mol. The third kappa shape index (κ3) is 4.53. The number of hydrogen-bond acceptors (Lipinski definition) is 2. The molecule has 0 unspecified atom stereocenters. The van der Waals surface area contributed by atoms with Gasteiger partial charge in [-0.2, -0.15) is 13.2 Å². The summed E-state index contributed by atoms with van der Waals surface area (Å²) in [4.78, 5) is 13.9. The Morgan fingerprint density at radius 2 is 1.82 bits per heavy atom. The largest absolute Gasteiger partial charge is 0.417 e. The van der Waals surface area contributed by atoms with Gasteiger partial charge in [0.2, 0.25) is 5.91 Å². The monoisotopic (exact) mass is 334 g/mol. The molecule has 22 heavy (non-hydrogen) atoms. The molecule has 2 rings (SSSR count). The van der Waals surface area contributed by atoms with E-state index in [2.05, 4.69) is 5.32 Å². The van der Waals surface area contributed by atoms with E-state index in [1.165, 1.54) is 12.1 Å². The second-order valence-electron chi connectivity index (χ2n) is 5.34. The number of carbonyl (C=O) groups excluding carboxylic acids is 1. The highest BCUT2D eigenvalue weighted by molar-refractivity contribution is 6.31. The van der Waals surface area contributed by atoms with Crippen molar-refractivity contribution in [1.82, 2.24) is 4.90 Å². The van der Waals surface area contributed by atoms with Crippen molar-refractivity contribution in [3.05, 3.63) is 28.8 Å². The zero-order valence-electron chi connectivity index (χ0n) is 12.0. The number of likely N-dealkylation sites (tertiary alicyclic amines) is 1. The number of halogens is 4. The molecular weight excluding hydrogens is 317 g/mol. The van der Waals surface area contributed by atoms with Crippen molar-refractivity contribution in [1.29, 1.82) is 0 Å². The fourth-order valence-corrected chi connectivity index (χ4v) is 2.69. The van der Waals surface area contributed by atoms with Crippen LogP contribution in [0.15, 0.2) is 18.2 Å². The third-order valence-corrected chi connectivity index (χ3v) is 4.00. The average molecular weight is 335 g/mol. The molecule has 1 heterocycles. The first-order valence-electron chi connectivity index (χ1n) is 7.26. The number of alkyl halides is 3. The van der Waals surface area contributed by atoms with Crippen LogP contribution in [0, 0.1) is 0 Å². The Bertz CT molecular complexity index is 526. The van der Waals surface area contributed by atoms with E-state index in [-0.39, 0.29) is 23.2 Å². The van der Waals surface area contributed by atoms with Crippen molar-refractivity contribution in [3.63, 3.8) is 0 Å². The first kappa shape index (κ1) is 16.9. The first-order chi connectivity index (χ1) is 10.4. The van der Waals surface area contributed by atoms with Crippen LogP contribution in [0.2, 0.25) is 5.02 Å². The minimum atomic E-state index is -4.51. The zero-order valence-corrected chi connectivity index (χ0v) is 12.8. The van der Waals surface area contributed by atoms with Crippen molar-refractivity contribution in [2.45, 2.75) is 31.9 Å². The summed E-state index contributed by atoms with van der Waals surface area (Å²) in [6.07, 6.45) is -0.327. The van der Waals surface area contributed by atoms with Gasteiger partial charge in [-0.3, -0.25) is 4.79 Å². The van der Waals surface area contributed by atoms with E-state index >= 15 is 0 Å². The molecule has 0 bridgehead atoms. The lowest BCUT2D eigenvalue weighted by Crippen LogP contribution is -2.36. The maximum atomic E-state index is 12.8. The van der Waals surface area contributed by atoms with Crippen molar-refractivity contribution in [2.24, 2.45) is 0 Å². The molecule has 0 radical (unpaired) electrons. The van der Waals surface area contributed by atoms with E-state index in [4.69, 9.17) is 11.6 Å². The molecule has 0 spiro atoms. The number of nitrogens with zero attached hydrogens (tertiary/aromatic N) is 1. The summed E-state index contributed by atoms with van der Waals surface area (Å²) < 4.78 is 38.3. The normalized spacial score (nSPS) is 16.3. The van der Waals surface area contributed by atoms with E-state index in [1.54, 1.807) is 4.90 Å². The van der Waals surface area contributed by atoms with E-state index in [0.29, 0.717) is 0 Å². The maximum absolute atomic E-state index is 12.8. The Morgan fingerprint density at radius 1 is 1.18 bits per heavy atom. The van der Waals surface area contributed by atoms with E-state index in [0.717, 1.165) is 44.8 Å². The van der Waals surface area contributed by atoms with Crippen LogP contribution in [0.5, 0.6) is 0 Å². The molecule has 0 saturated carbocycles. The molecule has 1 N–H and O–H groups in total. The van der Waals surface area contributed by atoms with Gasteiger partial charge in [0.15, 0.2) is 0 Å². The predicted octanol–water partition coefficient (Wildman–Crippen LogP) is 4.17. The first-order valence-corrected chi connectivity index (χ1v) is 7.64. The summed E-state index contributed by atoms with van der Waals surface area (Å²) in [7, 11) is 0. The summed E-state index contributed by atoms with van der Waals surface area (Å²) in [6.45, 7) is 1.42. The lowest BCUT2D eigenvalue weighted by molar-refractivity contribution is -0.137. The molecule has 1 aliphatic heterocycles. The Morgan fingerprint density at radius 3 is 2.41 bits per heavy atom. The summed E-state index contributed by atoms with van der Waals surface area (Å²) >= 11 is 5.56. The van der Waals surface area contributed by atoms with Gasteiger partial charge in [-0.15, -0.1) is 0 Å². The highest BCUT2D eigenvalue weighted by Crippen LogP contribution is 2.36. The topological polar surface area (TPSA) is 32.3 Å². The third-order valence-electron chi connectivity index (χ3n) is 3.67. The number of amides is 1. The van der Waals surface area contributed by atoms with Gasteiger partial charge in [-0.1, -0.05) is 24.4 Å². The number of benzene rings is 1. The summed E-state index contributed by atoms with van der Waals surface area (Å²) in [5.74, 6) is -0.0922. The summed E-state index contributed by atoms with van der Waals surface area (Å²) in [5, 5.41) is 2.40. The molecule has 0 aromatic heterocycles. The lowest BCUT2D eigenvalue weighted by atomic mass is 10.2. The van der Waals surface area contributed by atoms with Crippen LogP contribution in [0.25, 0.3) is 0 Å². The fraction of sp³-hybridized carbons (Fsp3) is 0.533. The molecule has 0 atom stereocenters. The van der Waals surface area contributed by atoms with Crippen LogP contribution in [-0.2, 0) is 11.0 Å². The highest BCUT2D eigenvalue weighted by Gasteiger charge is 2.33. The molecular formula is C15H18ClF3N2O. The summed E-state index contributed by atoms with van der Waals surface area (Å²) in [6, 6.07) is 3.55. The minimum absolute atomic E-state index is 0.0150. The molecule has 1 aromatic rings. The Hall–Kier alpha value is -1.43. The zero-order chi connectivity index (χ0) is 16.2. The number of nitrogens with one attached hydrogen (secondary N) is 1. The maximum Gasteiger partial charge on any atom is 0.417 e. The number of hydrogen-bond donors (Lipinski definition) is 1. The smallest absolute Gasteiger partial charge is 0.376 e. The Kier molecular flexibility index (Phi) is 5.56. The van der Waals surface area contributed by atoms with Crippen LogP contribution in [0.4, 0.5) is 18.9 Å². The lowest BCUT2D eigenvalue weighted by Gasteiger charge is -2.21. The van der Waals surface area contributed by atoms with E-state index in [1.807, 2.05) is 0 Å². The van der Waals surface area contributed by atoms with Crippen LogP contribution in [0.1, 0.15) is 31.2 Å². The van der Waals surface area contributed by atoms with Gasteiger partial charge in [0, 0.05) is 18.8 Å². The van der Waals surface area contributed by atoms with Crippen molar-refractivity contribution < 1.29 is 18.0 Å². The van der Waals surface area contributed by atoms with Crippen molar-refractivity contribution >= 4 is 23.2 Å². The number of rotatable bonds is 3. The quantitative estimate of drug-likeness (QED) is 0.899. The van der Waals surface area contributed by atoms with Crippen LogP contribution >= 0.6 is 11.6 Å². The Labute approximate surface area is 132 Å². The van der Waals surface area contributed by atoms with Crippen molar-refractivity contribution in [3.8, 4) is 0 Å². The van der Waals surface area contributed by atoms with Gasteiger partial charge < -0.3 is 10.2 Å². The molecule has 1 amide bonds. The second-order valence-corrected chi connectivity index (χ2v) is 5.75. The van der Waals surface area contributed by atoms with Crippen LogP contribution in [-0.4, -0.2) is 30.4 Å². The molecule has 1 saturated heterocycles. The van der Waals surface area contributed by atoms with Gasteiger partial charge in [-0.05, 0) is 31.0 Å². The van der Waals surface area contributed by atoms with Crippen LogP contribution < -0.4 is 5.32 Å². The molecule has 1 aromatic carbocycles. The van der Waals surface area contributed by atoms with Gasteiger partial charge in [0.1, 0.15) is 0 Å². The Balaban J connectivity index is 1.97. The van der Waals surface area contributed by atoms with Gasteiger partial charge in [0.25, 0.3) is 0 Å². The fourth-order valence-electron chi connectivity index (χ4n) is 2.46. The molecule has 0 aliphatic carbocycles. The second kappa shape index (κ2) is 7.22. The molecule has 1 fully saturated rings. The van der Waals surface area contributed by atoms with Crippen LogP contribution in [0.3, 0.4) is 0 Å². The van der Waals surface area contributed by atoms with Gasteiger partial charge >= 0.3 is 6.18 Å². The molecule has 3 nitrogen and oxygen atoms in total. The standard InChI is InChI=1S/C15H18ClF3N2O/c16-13-6-5-11(9-12(13)15(17,18)19)20-10-14(22)21-7-3-1-2-4-8-21/h5-6,9,20H,1-4,7-8,10H2. The number of carbonyl (C=O) groups is 1. The van der Waals surface area contributed by atoms with E-state index in [9.17, 15) is 18.0 Å². The minimum Gasteiger partial charge on any atom is -0.376 e. The summed E-state index contributed by atoms with van der Waals surface area (Å²) in [5.41, 5.74) is -0.665. The highest BCUT2D eigenvalue weighted by atomic mass is 35.5.